The molecule has 0 aromatic carbocycles. The van der Waals surface area contributed by atoms with E-state index in [1.165, 1.54) is 19.9 Å². The highest BCUT2D eigenvalue weighted by atomic mass is 31.2. The Labute approximate surface area is 54.6 Å². The van der Waals surface area contributed by atoms with Gasteiger partial charge in [-0.15, -0.1) is 6.58 Å². The summed E-state index contributed by atoms with van der Waals surface area (Å²) >= 11 is 0. The molecule has 9 heavy (non-hydrogen) atoms. The first-order valence-electron chi connectivity index (χ1n) is 2.50. The Balaban J connectivity index is 4.54. The third-order valence-corrected chi connectivity index (χ3v) is 2.93. The molecule has 0 unspecified atom stereocenters. The minimum absolute atomic E-state index is 1.09. The molecular weight excluding hydrogens is 139 g/mol. The average Bonchev–Trinajstić information content (AvgIpc) is 1.64. The Hall–Kier alpha value is -0.110. The molecule has 4 heteroatoms. The van der Waals surface area contributed by atoms with Crippen LogP contribution in [0.4, 0.5) is 0 Å². The van der Waals surface area contributed by atoms with Gasteiger partial charge in [0.1, 0.15) is 0 Å². The van der Waals surface area contributed by atoms with E-state index in [4.69, 9.17) is 9.79 Å². The van der Waals surface area contributed by atoms with E-state index in [1.54, 1.807) is 0 Å². The molecule has 0 spiro atoms. The summed E-state index contributed by atoms with van der Waals surface area (Å²) in [6.07, 6.45) is 1.26. The molecule has 0 fully saturated rings. The predicted octanol–water partition coefficient (Wildman–Crippen LogP) is 1.13. The van der Waals surface area contributed by atoms with E-state index in [2.05, 4.69) is 6.58 Å². The van der Waals surface area contributed by atoms with Crippen LogP contribution < -0.4 is 0 Å². The lowest BCUT2D eigenvalue weighted by atomic mass is 10.2. The van der Waals surface area contributed by atoms with Crippen LogP contribution in [0.2, 0.25) is 0 Å². The summed E-state index contributed by atoms with van der Waals surface area (Å²) in [5.41, 5.74) is 0. The molecular formula is C5H11O3P. The van der Waals surface area contributed by atoms with Gasteiger partial charge in [-0.2, -0.15) is 0 Å². The standard InChI is InChI=1S/C5H11O3P/c1-4-5(2,3)9(6,7)8/h4H,1H2,2-3H3,(H2,6,7,8). The van der Waals surface area contributed by atoms with E-state index in [-0.39, 0.29) is 0 Å². The average molecular weight is 150 g/mol. The van der Waals surface area contributed by atoms with Crippen LogP contribution in [0.1, 0.15) is 13.8 Å². The predicted molar refractivity (Wildman–Crippen MR) is 36.3 cm³/mol. The lowest BCUT2D eigenvalue weighted by Gasteiger charge is -2.20. The van der Waals surface area contributed by atoms with Crippen molar-refractivity contribution < 1.29 is 14.4 Å². The topological polar surface area (TPSA) is 57.5 Å². The van der Waals surface area contributed by atoms with E-state index in [0.29, 0.717) is 0 Å². The van der Waals surface area contributed by atoms with Crippen LogP contribution in [0, 0.1) is 0 Å². The molecule has 0 atom stereocenters. The highest BCUT2D eigenvalue weighted by molar-refractivity contribution is 7.53. The van der Waals surface area contributed by atoms with Crippen molar-refractivity contribution in [3.8, 4) is 0 Å². The zero-order valence-corrected chi connectivity index (χ0v) is 6.43. The fourth-order valence-electron chi connectivity index (χ4n) is 0.119. The van der Waals surface area contributed by atoms with Crippen molar-refractivity contribution in [3.05, 3.63) is 12.7 Å². The lowest BCUT2D eigenvalue weighted by molar-refractivity contribution is 0.350. The molecule has 54 valence electrons. The van der Waals surface area contributed by atoms with Gasteiger partial charge >= 0.3 is 7.60 Å². The Kier molecular flexibility index (Phi) is 2.23. The van der Waals surface area contributed by atoms with Gasteiger partial charge < -0.3 is 9.79 Å². The Morgan fingerprint density at radius 2 is 1.89 bits per heavy atom. The molecule has 0 aliphatic heterocycles. The summed E-state index contributed by atoms with van der Waals surface area (Å²) in [6.45, 7) is 6.20. The van der Waals surface area contributed by atoms with Crippen LogP contribution in [0.3, 0.4) is 0 Å². The van der Waals surface area contributed by atoms with E-state index < -0.39 is 12.8 Å². The van der Waals surface area contributed by atoms with Crippen molar-refractivity contribution in [2.45, 2.75) is 19.0 Å². The summed E-state index contributed by atoms with van der Waals surface area (Å²) in [5, 5.41) is -1.09. The fraction of sp³-hybridized carbons (Fsp3) is 0.600. The molecule has 0 aliphatic rings. The molecule has 0 amide bonds. The van der Waals surface area contributed by atoms with Crippen molar-refractivity contribution in [1.82, 2.24) is 0 Å². The van der Waals surface area contributed by atoms with Crippen LogP contribution in [0.25, 0.3) is 0 Å². The number of rotatable bonds is 2. The van der Waals surface area contributed by atoms with Gasteiger partial charge in [0.05, 0.1) is 5.16 Å². The normalized spacial score (nSPS) is 13.3. The van der Waals surface area contributed by atoms with E-state index in [0.717, 1.165) is 0 Å². The van der Waals surface area contributed by atoms with Gasteiger partial charge in [-0.05, 0) is 13.8 Å². The molecule has 0 saturated carbocycles. The second-order valence-corrected chi connectivity index (χ2v) is 4.64. The van der Waals surface area contributed by atoms with Crippen LogP contribution >= 0.6 is 7.60 Å². The number of allylic oxidation sites excluding steroid dienone is 1. The molecule has 3 nitrogen and oxygen atoms in total. The Morgan fingerprint density at radius 1 is 1.56 bits per heavy atom. The van der Waals surface area contributed by atoms with Crippen LogP contribution in [-0.2, 0) is 4.57 Å². The third kappa shape index (κ3) is 1.94. The van der Waals surface area contributed by atoms with Gasteiger partial charge in [0, 0.05) is 0 Å². The van der Waals surface area contributed by atoms with Gasteiger partial charge in [0.2, 0.25) is 0 Å². The third-order valence-electron chi connectivity index (χ3n) is 1.25. The van der Waals surface area contributed by atoms with Gasteiger partial charge in [-0.3, -0.25) is 4.57 Å². The summed E-state index contributed by atoms with van der Waals surface area (Å²) in [5.74, 6) is 0. The Morgan fingerprint density at radius 3 is 1.89 bits per heavy atom. The molecule has 0 saturated heterocycles. The highest BCUT2D eigenvalue weighted by Gasteiger charge is 2.34. The first-order chi connectivity index (χ1) is 3.81. The van der Waals surface area contributed by atoms with Gasteiger partial charge in [-0.25, -0.2) is 0 Å². The van der Waals surface area contributed by atoms with Gasteiger partial charge in [0.25, 0.3) is 0 Å². The highest BCUT2D eigenvalue weighted by Crippen LogP contribution is 2.50. The van der Waals surface area contributed by atoms with Gasteiger partial charge in [-0.1, -0.05) is 6.08 Å². The smallest absolute Gasteiger partial charge is 0.324 e. The van der Waals surface area contributed by atoms with Crippen LogP contribution in [0.15, 0.2) is 12.7 Å². The van der Waals surface area contributed by atoms with E-state index >= 15 is 0 Å². The zero-order valence-electron chi connectivity index (χ0n) is 5.53. The van der Waals surface area contributed by atoms with Crippen molar-refractivity contribution in [3.63, 3.8) is 0 Å². The maximum Gasteiger partial charge on any atom is 0.334 e. The second-order valence-electron chi connectivity index (χ2n) is 2.40. The summed E-state index contributed by atoms with van der Waals surface area (Å²) in [4.78, 5) is 17.2. The summed E-state index contributed by atoms with van der Waals surface area (Å²) in [6, 6.07) is 0. The fourth-order valence-corrected chi connectivity index (χ4v) is 0.357. The molecule has 0 aromatic rings. The van der Waals surface area contributed by atoms with Crippen LogP contribution in [-0.4, -0.2) is 14.9 Å². The first-order valence-corrected chi connectivity index (χ1v) is 4.12. The quantitative estimate of drug-likeness (QED) is 0.458. The molecule has 2 N–H and O–H groups in total. The van der Waals surface area contributed by atoms with Crippen molar-refractivity contribution in [1.29, 1.82) is 0 Å². The van der Waals surface area contributed by atoms with Gasteiger partial charge in [0.15, 0.2) is 0 Å². The van der Waals surface area contributed by atoms with Crippen LogP contribution in [0.5, 0.6) is 0 Å². The SMILES string of the molecule is C=CC(C)(C)P(=O)(O)O. The first kappa shape index (κ1) is 8.89. The molecule has 0 bridgehead atoms. The van der Waals surface area contributed by atoms with Crippen molar-refractivity contribution in [2.75, 3.05) is 0 Å². The van der Waals surface area contributed by atoms with Crippen molar-refractivity contribution >= 4 is 7.60 Å². The number of hydrogen-bond donors (Lipinski definition) is 2. The van der Waals surface area contributed by atoms with E-state index in [9.17, 15) is 4.57 Å². The molecule has 0 radical (unpaired) electrons. The maximum absolute atomic E-state index is 10.5. The Bertz CT molecular complexity index is 156. The molecule has 0 aliphatic carbocycles. The van der Waals surface area contributed by atoms with Crippen molar-refractivity contribution in [2.24, 2.45) is 0 Å². The number of hydrogen-bond acceptors (Lipinski definition) is 1. The summed E-state index contributed by atoms with van der Waals surface area (Å²) in [7, 11) is -3.99. The zero-order chi connectivity index (χ0) is 7.71. The lowest BCUT2D eigenvalue weighted by Crippen LogP contribution is -2.15. The molecule has 0 rings (SSSR count). The second kappa shape index (κ2) is 2.25. The maximum atomic E-state index is 10.5. The summed E-state index contributed by atoms with van der Waals surface area (Å²) < 4.78 is 10.5. The monoisotopic (exact) mass is 150 g/mol. The minimum Gasteiger partial charge on any atom is -0.324 e. The molecule has 0 aromatic heterocycles. The molecule has 0 heterocycles. The minimum atomic E-state index is -3.99. The largest absolute Gasteiger partial charge is 0.334 e. The van der Waals surface area contributed by atoms with E-state index in [1.807, 2.05) is 0 Å².